The maximum atomic E-state index is 12.2. The second-order valence-corrected chi connectivity index (χ2v) is 6.66. The highest BCUT2D eigenvalue weighted by molar-refractivity contribution is 9.10. The van der Waals surface area contributed by atoms with Crippen LogP contribution >= 0.6 is 15.9 Å². The summed E-state index contributed by atoms with van der Waals surface area (Å²) in [5, 5.41) is 12.7. The van der Waals surface area contributed by atoms with Gasteiger partial charge < -0.3 is 10.4 Å². The lowest BCUT2D eigenvalue weighted by atomic mass is 10.00. The van der Waals surface area contributed by atoms with E-state index in [4.69, 9.17) is 0 Å². The van der Waals surface area contributed by atoms with Crippen molar-refractivity contribution in [2.45, 2.75) is 43.9 Å². The maximum absolute atomic E-state index is 12.2. The SMILES string of the molecule is O=C(CN1C2CCC1CC(O)C2)Nc1cccc(Br)c1. The van der Waals surface area contributed by atoms with Crippen molar-refractivity contribution in [1.82, 2.24) is 4.90 Å². The van der Waals surface area contributed by atoms with Crippen molar-refractivity contribution in [2.24, 2.45) is 0 Å². The Bertz CT molecular complexity index is 494. The normalized spacial score (nSPS) is 29.4. The molecule has 0 spiro atoms. The summed E-state index contributed by atoms with van der Waals surface area (Å²) in [6, 6.07) is 8.36. The second-order valence-electron chi connectivity index (χ2n) is 5.74. The number of fused-ring (bicyclic) bond motifs is 2. The molecule has 1 amide bonds. The van der Waals surface area contributed by atoms with Gasteiger partial charge in [-0.3, -0.25) is 9.69 Å². The Hall–Kier alpha value is -0.910. The van der Waals surface area contributed by atoms with Gasteiger partial charge in [-0.2, -0.15) is 0 Å². The van der Waals surface area contributed by atoms with Crippen molar-refractivity contribution >= 4 is 27.5 Å². The van der Waals surface area contributed by atoms with E-state index in [-0.39, 0.29) is 12.0 Å². The zero-order valence-electron chi connectivity index (χ0n) is 11.3. The molecule has 2 fully saturated rings. The molecule has 0 aliphatic carbocycles. The minimum atomic E-state index is -0.183. The number of carbonyl (C=O) groups excluding carboxylic acids is 1. The number of nitrogens with zero attached hydrogens (tertiary/aromatic N) is 1. The van der Waals surface area contributed by atoms with E-state index in [1.54, 1.807) is 0 Å². The first-order chi connectivity index (χ1) is 9.61. The van der Waals surface area contributed by atoms with E-state index in [9.17, 15) is 9.90 Å². The number of benzene rings is 1. The van der Waals surface area contributed by atoms with E-state index in [2.05, 4.69) is 26.1 Å². The molecule has 2 bridgehead atoms. The monoisotopic (exact) mass is 338 g/mol. The van der Waals surface area contributed by atoms with Crippen molar-refractivity contribution in [3.05, 3.63) is 28.7 Å². The van der Waals surface area contributed by atoms with Crippen LogP contribution in [-0.4, -0.2) is 40.6 Å². The summed E-state index contributed by atoms with van der Waals surface area (Å²) in [5.41, 5.74) is 0.814. The summed E-state index contributed by atoms with van der Waals surface area (Å²) >= 11 is 3.40. The summed E-state index contributed by atoms with van der Waals surface area (Å²) in [7, 11) is 0. The molecule has 3 rings (SSSR count). The molecule has 2 atom stereocenters. The van der Waals surface area contributed by atoms with Crippen molar-refractivity contribution < 1.29 is 9.90 Å². The topological polar surface area (TPSA) is 52.6 Å². The van der Waals surface area contributed by atoms with Gasteiger partial charge in [-0.15, -0.1) is 0 Å². The van der Waals surface area contributed by atoms with E-state index >= 15 is 0 Å². The van der Waals surface area contributed by atoms with E-state index < -0.39 is 0 Å². The number of rotatable bonds is 3. The Morgan fingerprint density at radius 1 is 1.35 bits per heavy atom. The van der Waals surface area contributed by atoms with Gasteiger partial charge in [0.1, 0.15) is 0 Å². The number of anilines is 1. The third-order valence-corrected chi connectivity index (χ3v) is 4.79. The molecule has 1 aromatic carbocycles. The van der Waals surface area contributed by atoms with Crippen LogP contribution in [0.4, 0.5) is 5.69 Å². The van der Waals surface area contributed by atoms with E-state index in [1.807, 2.05) is 24.3 Å². The van der Waals surface area contributed by atoms with Gasteiger partial charge in [0, 0.05) is 22.2 Å². The number of carbonyl (C=O) groups is 1. The molecule has 2 unspecified atom stereocenters. The van der Waals surface area contributed by atoms with Gasteiger partial charge in [0.25, 0.3) is 0 Å². The number of amides is 1. The first-order valence-electron chi connectivity index (χ1n) is 7.11. The number of nitrogens with one attached hydrogen (secondary N) is 1. The van der Waals surface area contributed by atoms with Gasteiger partial charge in [0.15, 0.2) is 0 Å². The largest absolute Gasteiger partial charge is 0.393 e. The number of aliphatic hydroxyl groups is 1. The van der Waals surface area contributed by atoms with Crippen molar-refractivity contribution in [2.75, 3.05) is 11.9 Å². The highest BCUT2D eigenvalue weighted by Gasteiger charge is 2.40. The predicted octanol–water partition coefficient (Wildman–Crippen LogP) is 2.38. The molecule has 1 aromatic rings. The number of hydrogen-bond acceptors (Lipinski definition) is 3. The van der Waals surface area contributed by atoms with E-state index in [0.717, 1.165) is 35.8 Å². The molecule has 2 saturated heterocycles. The van der Waals surface area contributed by atoms with Crippen LogP contribution in [0.2, 0.25) is 0 Å². The highest BCUT2D eigenvalue weighted by atomic mass is 79.9. The number of hydrogen-bond donors (Lipinski definition) is 2. The first-order valence-corrected chi connectivity index (χ1v) is 7.90. The van der Waals surface area contributed by atoms with Gasteiger partial charge in [-0.25, -0.2) is 0 Å². The Kier molecular flexibility index (Phi) is 4.10. The molecular formula is C15H19BrN2O2. The molecule has 2 heterocycles. The average Bonchev–Trinajstić information content (AvgIpc) is 2.62. The lowest BCUT2D eigenvalue weighted by Crippen LogP contribution is -2.47. The lowest BCUT2D eigenvalue weighted by molar-refractivity contribution is -0.119. The van der Waals surface area contributed by atoms with Crippen LogP contribution in [0.15, 0.2) is 28.7 Å². The van der Waals surface area contributed by atoms with Gasteiger partial charge in [0.2, 0.25) is 5.91 Å². The van der Waals surface area contributed by atoms with E-state index in [1.165, 1.54) is 0 Å². The number of aliphatic hydroxyl groups excluding tert-OH is 1. The zero-order chi connectivity index (χ0) is 14.1. The minimum Gasteiger partial charge on any atom is -0.393 e. The van der Waals surface area contributed by atoms with Crippen LogP contribution in [-0.2, 0) is 4.79 Å². The lowest BCUT2D eigenvalue weighted by Gasteiger charge is -2.36. The molecular weight excluding hydrogens is 320 g/mol. The number of halogens is 1. The fraction of sp³-hybridized carbons (Fsp3) is 0.533. The third kappa shape index (κ3) is 3.05. The standard InChI is InChI=1S/C15H19BrN2O2/c16-10-2-1-3-11(6-10)17-15(20)9-18-12-4-5-13(18)8-14(19)7-12/h1-3,6,12-14,19H,4-5,7-9H2,(H,17,20). The summed E-state index contributed by atoms with van der Waals surface area (Å²) in [4.78, 5) is 14.4. The molecule has 5 heteroatoms. The van der Waals surface area contributed by atoms with Crippen molar-refractivity contribution in [3.63, 3.8) is 0 Å². The Labute approximate surface area is 127 Å². The van der Waals surface area contributed by atoms with Crippen molar-refractivity contribution in [3.8, 4) is 0 Å². The molecule has 108 valence electrons. The fourth-order valence-corrected chi connectivity index (χ4v) is 3.84. The van der Waals surface area contributed by atoms with Crippen LogP contribution in [0.25, 0.3) is 0 Å². The Balaban J connectivity index is 1.60. The molecule has 0 saturated carbocycles. The zero-order valence-corrected chi connectivity index (χ0v) is 12.8. The first kappa shape index (κ1) is 14.0. The molecule has 2 N–H and O–H groups in total. The molecule has 2 aliphatic heterocycles. The van der Waals surface area contributed by atoms with Crippen LogP contribution in [0.1, 0.15) is 25.7 Å². The van der Waals surface area contributed by atoms with E-state index in [0.29, 0.717) is 18.6 Å². The summed E-state index contributed by atoms with van der Waals surface area (Å²) < 4.78 is 0.955. The van der Waals surface area contributed by atoms with Gasteiger partial charge in [0.05, 0.1) is 12.6 Å². The van der Waals surface area contributed by atoms with Crippen molar-refractivity contribution in [1.29, 1.82) is 0 Å². The van der Waals surface area contributed by atoms with Gasteiger partial charge in [-0.05, 0) is 43.9 Å². The smallest absolute Gasteiger partial charge is 0.238 e. The third-order valence-electron chi connectivity index (χ3n) is 4.29. The molecule has 4 nitrogen and oxygen atoms in total. The summed E-state index contributed by atoms with van der Waals surface area (Å²) in [6.45, 7) is 0.425. The predicted molar refractivity (Wildman–Crippen MR) is 81.5 cm³/mol. The van der Waals surface area contributed by atoms with Crippen LogP contribution in [0, 0.1) is 0 Å². The van der Waals surface area contributed by atoms with Crippen LogP contribution in [0.3, 0.4) is 0 Å². The molecule has 0 aromatic heterocycles. The average molecular weight is 339 g/mol. The van der Waals surface area contributed by atoms with Gasteiger partial charge in [-0.1, -0.05) is 22.0 Å². The van der Waals surface area contributed by atoms with Gasteiger partial charge >= 0.3 is 0 Å². The second kappa shape index (κ2) is 5.84. The fourth-order valence-electron chi connectivity index (χ4n) is 3.44. The Morgan fingerprint density at radius 2 is 2.05 bits per heavy atom. The van der Waals surface area contributed by atoms with Crippen LogP contribution < -0.4 is 5.32 Å². The Morgan fingerprint density at radius 3 is 2.70 bits per heavy atom. The molecule has 0 radical (unpaired) electrons. The maximum Gasteiger partial charge on any atom is 0.238 e. The summed E-state index contributed by atoms with van der Waals surface area (Å²) in [6.07, 6.45) is 3.64. The molecule has 20 heavy (non-hydrogen) atoms. The minimum absolute atomic E-state index is 0.0244. The number of piperidine rings is 1. The quantitative estimate of drug-likeness (QED) is 0.889. The van der Waals surface area contributed by atoms with Crippen LogP contribution in [0.5, 0.6) is 0 Å². The molecule has 2 aliphatic rings. The summed E-state index contributed by atoms with van der Waals surface area (Å²) in [5.74, 6) is 0.0244. The highest BCUT2D eigenvalue weighted by Crippen LogP contribution is 2.35.